The van der Waals surface area contributed by atoms with Crippen LogP contribution in [0.4, 0.5) is 0 Å². The van der Waals surface area contributed by atoms with Crippen molar-refractivity contribution < 1.29 is 4.74 Å². The molecule has 2 N–H and O–H groups in total. The first kappa shape index (κ1) is 14.9. The third kappa shape index (κ3) is 4.96. The van der Waals surface area contributed by atoms with Gasteiger partial charge in [0.15, 0.2) is 0 Å². The number of hydrogen-bond donors (Lipinski definition) is 1. The molecule has 0 bridgehead atoms. The van der Waals surface area contributed by atoms with Crippen molar-refractivity contribution in [3.63, 3.8) is 0 Å². The third-order valence-electron chi connectivity index (χ3n) is 2.89. The van der Waals surface area contributed by atoms with E-state index in [2.05, 4.69) is 39.6 Å². The monoisotopic (exact) mass is 216 g/mol. The maximum Gasteiger partial charge on any atom is 0.0589 e. The van der Waals surface area contributed by atoms with Crippen LogP contribution >= 0.6 is 0 Å². The van der Waals surface area contributed by atoms with E-state index in [-0.39, 0.29) is 11.5 Å². The summed E-state index contributed by atoms with van der Waals surface area (Å²) in [6.07, 6.45) is 1.01. The smallest absolute Gasteiger partial charge is 0.0589 e. The summed E-state index contributed by atoms with van der Waals surface area (Å²) in [5.41, 5.74) is 6.40. The molecule has 0 spiro atoms. The fraction of sp³-hybridized carbons (Fsp3) is 1.00. The Labute approximate surface area is 95.0 Å². The summed E-state index contributed by atoms with van der Waals surface area (Å²) in [6, 6.07) is 0.629. The number of rotatable bonds is 6. The second-order valence-corrected chi connectivity index (χ2v) is 5.36. The average Bonchev–Trinajstić information content (AvgIpc) is 2.12. The minimum Gasteiger partial charge on any atom is -0.383 e. The van der Waals surface area contributed by atoms with Crippen LogP contribution in [-0.2, 0) is 4.74 Å². The lowest BCUT2D eigenvalue weighted by atomic mass is 9.80. The summed E-state index contributed by atoms with van der Waals surface area (Å²) in [4.78, 5) is 2.32. The molecule has 0 aromatic carbocycles. The first-order chi connectivity index (χ1) is 6.84. The van der Waals surface area contributed by atoms with Gasteiger partial charge in [-0.25, -0.2) is 0 Å². The number of nitrogens with two attached hydrogens (primary N) is 1. The van der Waals surface area contributed by atoms with E-state index in [0.717, 1.165) is 19.6 Å². The lowest BCUT2D eigenvalue weighted by Gasteiger charge is -2.41. The molecule has 0 saturated carbocycles. The van der Waals surface area contributed by atoms with E-state index >= 15 is 0 Å². The Kier molecular flexibility index (Phi) is 6.41. The predicted molar refractivity (Wildman–Crippen MR) is 66.0 cm³/mol. The second kappa shape index (κ2) is 6.46. The van der Waals surface area contributed by atoms with Crippen LogP contribution in [0.5, 0.6) is 0 Å². The van der Waals surface area contributed by atoms with Crippen molar-refractivity contribution in [3.8, 4) is 0 Å². The zero-order chi connectivity index (χ0) is 12.1. The summed E-state index contributed by atoms with van der Waals surface area (Å²) in [5, 5.41) is 0. The molecule has 0 aromatic heterocycles. The number of hydrogen-bond acceptors (Lipinski definition) is 3. The molecule has 0 aliphatic rings. The molecular weight excluding hydrogens is 188 g/mol. The molecule has 0 amide bonds. The molecule has 92 valence electrons. The van der Waals surface area contributed by atoms with Crippen molar-refractivity contribution in [2.24, 2.45) is 11.1 Å². The lowest BCUT2D eigenvalue weighted by Crippen LogP contribution is -2.53. The molecule has 0 radical (unpaired) electrons. The molecular formula is C12H28N2O. The summed E-state index contributed by atoms with van der Waals surface area (Å²) in [6.45, 7) is 10.6. The summed E-state index contributed by atoms with van der Waals surface area (Å²) < 4.78 is 5.11. The van der Waals surface area contributed by atoms with Crippen LogP contribution in [0.2, 0.25) is 0 Å². The minimum atomic E-state index is 0.206. The van der Waals surface area contributed by atoms with Crippen LogP contribution in [0, 0.1) is 5.41 Å². The molecule has 0 aromatic rings. The molecule has 0 aliphatic heterocycles. The highest BCUT2D eigenvalue weighted by Crippen LogP contribution is 2.26. The van der Waals surface area contributed by atoms with Crippen LogP contribution in [-0.4, -0.2) is 44.3 Å². The van der Waals surface area contributed by atoms with E-state index in [9.17, 15) is 0 Å². The third-order valence-corrected chi connectivity index (χ3v) is 2.89. The predicted octanol–water partition coefficient (Wildman–Crippen LogP) is 1.72. The zero-order valence-corrected chi connectivity index (χ0v) is 11.2. The van der Waals surface area contributed by atoms with E-state index in [1.165, 1.54) is 0 Å². The van der Waals surface area contributed by atoms with Crippen molar-refractivity contribution in [1.29, 1.82) is 0 Å². The molecule has 0 aliphatic carbocycles. The Morgan fingerprint density at radius 3 is 2.20 bits per heavy atom. The van der Waals surface area contributed by atoms with E-state index in [4.69, 9.17) is 10.5 Å². The zero-order valence-electron chi connectivity index (χ0n) is 11.2. The van der Waals surface area contributed by atoms with Gasteiger partial charge in [-0.15, -0.1) is 0 Å². The van der Waals surface area contributed by atoms with Crippen molar-refractivity contribution in [1.82, 2.24) is 4.90 Å². The maximum absolute atomic E-state index is 6.19. The van der Waals surface area contributed by atoms with Gasteiger partial charge in [-0.3, -0.25) is 4.90 Å². The Hall–Kier alpha value is -0.120. The van der Waals surface area contributed by atoms with Crippen molar-refractivity contribution in [3.05, 3.63) is 0 Å². The summed E-state index contributed by atoms with van der Waals surface area (Å²) >= 11 is 0. The Morgan fingerprint density at radius 2 is 1.87 bits per heavy atom. The highest BCUT2D eigenvalue weighted by atomic mass is 16.5. The first-order valence-electron chi connectivity index (χ1n) is 5.79. The van der Waals surface area contributed by atoms with Crippen molar-refractivity contribution in [2.45, 2.75) is 46.2 Å². The van der Waals surface area contributed by atoms with Crippen LogP contribution in [0.1, 0.15) is 34.1 Å². The SMILES string of the molecule is CCC(N)C(N(C)CCOC)C(C)(C)C. The van der Waals surface area contributed by atoms with Gasteiger partial charge in [-0.1, -0.05) is 27.7 Å². The lowest BCUT2D eigenvalue weighted by molar-refractivity contribution is 0.0713. The average molecular weight is 216 g/mol. The molecule has 0 rings (SSSR count). The van der Waals surface area contributed by atoms with E-state index in [0.29, 0.717) is 6.04 Å². The fourth-order valence-electron chi connectivity index (χ4n) is 2.23. The van der Waals surface area contributed by atoms with Gasteiger partial charge in [-0.05, 0) is 18.9 Å². The van der Waals surface area contributed by atoms with Gasteiger partial charge < -0.3 is 10.5 Å². The normalized spacial score (nSPS) is 16.8. The number of methoxy groups -OCH3 is 1. The summed E-state index contributed by atoms with van der Waals surface area (Å²) in [5.74, 6) is 0. The summed E-state index contributed by atoms with van der Waals surface area (Å²) in [7, 11) is 3.87. The molecule has 2 atom stereocenters. The Morgan fingerprint density at radius 1 is 1.33 bits per heavy atom. The standard InChI is InChI=1S/C12H28N2O/c1-7-10(13)11(12(2,3)4)14(5)8-9-15-6/h10-11H,7-9,13H2,1-6H3. The Balaban J connectivity index is 4.48. The van der Waals surface area contributed by atoms with Gasteiger partial charge in [0.05, 0.1) is 6.61 Å². The number of ether oxygens (including phenoxy) is 1. The van der Waals surface area contributed by atoms with E-state index in [1.807, 2.05) is 0 Å². The number of likely N-dealkylation sites (N-methyl/N-ethyl adjacent to an activating group) is 1. The maximum atomic E-state index is 6.19. The number of nitrogens with zero attached hydrogens (tertiary/aromatic N) is 1. The van der Waals surface area contributed by atoms with Crippen LogP contribution < -0.4 is 5.73 Å². The second-order valence-electron chi connectivity index (χ2n) is 5.36. The molecule has 0 fully saturated rings. The quantitative estimate of drug-likeness (QED) is 0.734. The highest BCUT2D eigenvalue weighted by Gasteiger charge is 2.32. The molecule has 2 unspecified atom stereocenters. The van der Waals surface area contributed by atoms with Gasteiger partial charge in [0.1, 0.15) is 0 Å². The first-order valence-corrected chi connectivity index (χ1v) is 5.79. The van der Waals surface area contributed by atoms with Crippen molar-refractivity contribution in [2.75, 3.05) is 27.3 Å². The van der Waals surface area contributed by atoms with Crippen LogP contribution in [0.3, 0.4) is 0 Å². The fourth-order valence-corrected chi connectivity index (χ4v) is 2.23. The van der Waals surface area contributed by atoms with Crippen LogP contribution in [0.15, 0.2) is 0 Å². The Bertz CT molecular complexity index is 165. The van der Waals surface area contributed by atoms with Crippen LogP contribution in [0.25, 0.3) is 0 Å². The van der Waals surface area contributed by atoms with E-state index < -0.39 is 0 Å². The highest BCUT2D eigenvalue weighted by molar-refractivity contribution is 4.89. The van der Waals surface area contributed by atoms with Gasteiger partial charge in [0, 0.05) is 25.7 Å². The van der Waals surface area contributed by atoms with Gasteiger partial charge in [-0.2, -0.15) is 0 Å². The van der Waals surface area contributed by atoms with Gasteiger partial charge in [0.25, 0.3) is 0 Å². The van der Waals surface area contributed by atoms with Gasteiger partial charge >= 0.3 is 0 Å². The molecule has 0 saturated heterocycles. The molecule has 3 nitrogen and oxygen atoms in total. The topological polar surface area (TPSA) is 38.5 Å². The van der Waals surface area contributed by atoms with Gasteiger partial charge in [0.2, 0.25) is 0 Å². The molecule has 3 heteroatoms. The minimum absolute atomic E-state index is 0.206. The molecule has 15 heavy (non-hydrogen) atoms. The van der Waals surface area contributed by atoms with Crippen molar-refractivity contribution >= 4 is 0 Å². The largest absolute Gasteiger partial charge is 0.383 e. The van der Waals surface area contributed by atoms with E-state index in [1.54, 1.807) is 7.11 Å². The molecule has 0 heterocycles.